The van der Waals surface area contributed by atoms with Gasteiger partial charge in [-0.1, -0.05) is 19.6 Å². The lowest BCUT2D eigenvalue weighted by Gasteiger charge is -2.53. The number of anilines is 2. The third-order valence-corrected chi connectivity index (χ3v) is 11.6. The monoisotopic (exact) mass is 716 g/mol. The number of amides is 2. The normalized spacial score (nSPS) is 17.5. The Morgan fingerprint density at radius 1 is 1.06 bits per heavy atom. The van der Waals surface area contributed by atoms with Gasteiger partial charge in [0.15, 0.2) is 11.5 Å². The third kappa shape index (κ3) is 7.96. The number of carbonyl (C=O) groups is 2. The first-order chi connectivity index (χ1) is 24.2. The molecule has 0 atom stereocenters. The maximum absolute atomic E-state index is 15.7. The van der Waals surface area contributed by atoms with Crippen LogP contribution in [0.4, 0.5) is 20.7 Å². The molecule has 1 aliphatic carbocycles. The van der Waals surface area contributed by atoms with E-state index >= 15 is 4.39 Å². The summed E-state index contributed by atoms with van der Waals surface area (Å²) in [7, 11) is -1.17. The van der Waals surface area contributed by atoms with Crippen LogP contribution in [0.5, 0.6) is 0 Å². The molecule has 0 radical (unpaired) electrons. The summed E-state index contributed by atoms with van der Waals surface area (Å²) in [5, 5.41) is 7.69. The number of benzene rings is 1. The molecule has 1 aromatic carbocycles. The molecule has 3 aromatic heterocycles. The lowest BCUT2D eigenvalue weighted by Crippen LogP contribution is -2.62. The molecule has 272 valence electrons. The van der Waals surface area contributed by atoms with Crippen LogP contribution in [0.15, 0.2) is 43.0 Å². The van der Waals surface area contributed by atoms with Crippen LogP contribution in [0, 0.1) is 11.2 Å². The summed E-state index contributed by atoms with van der Waals surface area (Å²) in [4.78, 5) is 38.9. The summed E-state index contributed by atoms with van der Waals surface area (Å²) in [6.45, 7) is 16.1. The van der Waals surface area contributed by atoms with Crippen LogP contribution >= 0.6 is 0 Å². The second kappa shape index (κ2) is 13.3. The van der Waals surface area contributed by atoms with E-state index in [-0.39, 0.29) is 23.1 Å². The minimum atomic E-state index is -1.17. The van der Waals surface area contributed by atoms with Gasteiger partial charge in [-0.2, -0.15) is 5.10 Å². The van der Waals surface area contributed by atoms with Gasteiger partial charge in [0, 0.05) is 75.7 Å². The molecule has 51 heavy (non-hydrogen) atoms. The molecule has 7 rings (SSSR count). The molecule has 2 saturated heterocycles. The Morgan fingerprint density at radius 3 is 2.47 bits per heavy atom. The fourth-order valence-electron chi connectivity index (χ4n) is 6.76. The summed E-state index contributed by atoms with van der Waals surface area (Å²) < 4.78 is 30.8. The van der Waals surface area contributed by atoms with Crippen molar-refractivity contribution in [1.82, 2.24) is 33.9 Å². The van der Waals surface area contributed by atoms with Crippen LogP contribution in [-0.2, 0) is 16.2 Å². The number of hydrogen-bond donors (Lipinski definition) is 1. The minimum Gasteiger partial charge on any atom is -0.444 e. The largest absolute Gasteiger partial charge is 0.444 e. The van der Waals surface area contributed by atoms with Crippen LogP contribution in [0.2, 0.25) is 25.7 Å². The predicted molar refractivity (Wildman–Crippen MR) is 195 cm³/mol. The predicted octanol–water partition coefficient (Wildman–Crippen LogP) is 7.14. The Balaban J connectivity index is 1.01. The molecule has 3 aliphatic rings. The van der Waals surface area contributed by atoms with Gasteiger partial charge in [-0.05, 0) is 70.7 Å². The summed E-state index contributed by atoms with van der Waals surface area (Å²) >= 11 is 0. The van der Waals surface area contributed by atoms with Gasteiger partial charge in [-0.3, -0.25) is 9.20 Å². The minimum absolute atomic E-state index is 0.00866. The van der Waals surface area contributed by atoms with Crippen molar-refractivity contribution in [2.45, 2.75) is 90.4 Å². The van der Waals surface area contributed by atoms with Gasteiger partial charge in [0.05, 0.1) is 29.5 Å². The molecule has 4 aromatic rings. The lowest BCUT2D eigenvalue weighted by atomic mass is 9.72. The van der Waals surface area contributed by atoms with Crippen molar-refractivity contribution in [1.29, 1.82) is 0 Å². The number of likely N-dealkylation sites (tertiary alicyclic amines) is 2. The maximum atomic E-state index is 15.7. The number of hydrogen-bond acceptors (Lipinski definition) is 8. The highest BCUT2D eigenvalue weighted by molar-refractivity contribution is 6.76. The second-order valence-corrected chi connectivity index (χ2v) is 22.3. The molecular weight excluding hydrogens is 668 g/mol. The van der Waals surface area contributed by atoms with Gasteiger partial charge in [-0.25, -0.2) is 23.8 Å². The lowest BCUT2D eigenvalue weighted by molar-refractivity contribution is -0.0563. The summed E-state index contributed by atoms with van der Waals surface area (Å²) in [5.74, 6) is 0.0598. The van der Waals surface area contributed by atoms with E-state index in [1.165, 1.54) is 6.07 Å². The molecule has 1 saturated carbocycles. The zero-order chi connectivity index (χ0) is 36.1. The SMILES string of the molecule is CC(C)(C)OC(=O)N1CC2(CCN(C(=O)c3ccc(Nc4nc(C5CC5)cn5c(-c6cnn(COCC[Si](C)(C)C)c6)cnc45)c(F)c3)CC2)C1. The number of aromatic nitrogens is 5. The van der Waals surface area contributed by atoms with E-state index in [1.807, 2.05) is 37.6 Å². The smallest absolute Gasteiger partial charge is 0.410 e. The van der Waals surface area contributed by atoms with Gasteiger partial charge < -0.3 is 24.6 Å². The quantitative estimate of drug-likeness (QED) is 0.136. The van der Waals surface area contributed by atoms with E-state index < -0.39 is 19.5 Å². The van der Waals surface area contributed by atoms with E-state index in [0.717, 1.165) is 48.7 Å². The van der Waals surface area contributed by atoms with E-state index in [4.69, 9.17) is 14.5 Å². The van der Waals surface area contributed by atoms with Crippen molar-refractivity contribution in [2.24, 2.45) is 5.41 Å². The highest BCUT2D eigenvalue weighted by Crippen LogP contribution is 2.42. The van der Waals surface area contributed by atoms with Crippen molar-refractivity contribution in [3.63, 3.8) is 0 Å². The standard InChI is InChI=1S/C37H49FN8O4Si/c1-36(2,3)50-35(48)44-22-37(23-44)11-13-43(14-12-37)34(47)26-9-10-29(28(38)17-26)41-32-33-39-19-31(46(33)21-30(42-32)25-7-8-25)27-18-40-45(20-27)24-49-15-16-51(4,5)6/h9-10,17-21,25H,7-8,11-16,22-24H2,1-6H3,(H,41,42). The van der Waals surface area contributed by atoms with Crippen molar-refractivity contribution >= 4 is 37.2 Å². The Morgan fingerprint density at radius 2 is 1.80 bits per heavy atom. The molecule has 1 spiro atoms. The fraction of sp³-hybridized carbons (Fsp3) is 0.541. The maximum Gasteiger partial charge on any atom is 0.410 e. The Bertz CT molecular complexity index is 1930. The number of imidazole rings is 1. The average molecular weight is 717 g/mol. The first kappa shape index (κ1) is 35.1. The highest BCUT2D eigenvalue weighted by atomic mass is 28.3. The number of nitrogens with zero attached hydrogens (tertiary/aromatic N) is 7. The zero-order valence-corrected chi connectivity index (χ0v) is 31.5. The topological polar surface area (TPSA) is 119 Å². The first-order valence-electron chi connectivity index (χ1n) is 18.0. The molecule has 0 unspecified atom stereocenters. The van der Waals surface area contributed by atoms with Gasteiger partial charge >= 0.3 is 6.09 Å². The number of piperidine rings is 1. The van der Waals surface area contributed by atoms with Crippen LogP contribution < -0.4 is 5.32 Å². The number of fused-ring (bicyclic) bond motifs is 1. The molecule has 5 heterocycles. The van der Waals surface area contributed by atoms with Gasteiger partial charge in [-0.15, -0.1) is 0 Å². The molecule has 1 N–H and O–H groups in total. The van der Waals surface area contributed by atoms with Crippen LogP contribution in [0.3, 0.4) is 0 Å². The van der Waals surface area contributed by atoms with Gasteiger partial charge in [0.1, 0.15) is 18.1 Å². The van der Waals surface area contributed by atoms with Crippen LogP contribution in [0.25, 0.3) is 16.9 Å². The van der Waals surface area contributed by atoms with E-state index in [1.54, 1.807) is 39.0 Å². The molecule has 12 nitrogen and oxygen atoms in total. The van der Waals surface area contributed by atoms with E-state index in [0.29, 0.717) is 62.5 Å². The van der Waals surface area contributed by atoms with E-state index in [9.17, 15) is 9.59 Å². The fourth-order valence-corrected chi connectivity index (χ4v) is 7.52. The van der Waals surface area contributed by atoms with Crippen molar-refractivity contribution in [3.8, 4) is 11.3 Å². The summed E-state index contributed by atoms with van der Waals surface area (Å²) in [5.41, 5.74) is 3.23. The van der Waals surface area contributed by atoms with Crippen molar-refractivity contribution in [3.05, 3.63) is 60.1 Å². The number of carbonyl (C=O) groups excluding carboxylic acids is 2. The average Bonchev–Trinajstić information content (AvgIpc) is 3.65. The highest BCUT2D eigenvalue weighted by Gasteiger charge is 2.48. The Labute approximate surface area is 299 Å². The summed E-state index contributed by atoms with van der Waals surface area (Å²) in [6.07, 6.45) is 11.0. The number of rotatable bonds is 10. The van der Waals surface area contributed by atoms with Crippen molar-refractivity contribution in [2.75, 3.05) is 38.1 Å². The molecule has 0 bridgehead atoms. The Hall–Kier alpha value is -4.30. The molecule has 2 amide bonds. The number of halogens is 1. The number of ether oxygens (including phenoxy) is 2. The molecular formula is C37H49FN8O4Si. The Kier molecular flexibility index (Phi) is 9.19. The summed E-state index contributed by atoms with van der Waals surface area (Å²) in [6, 6.07) is 5.64. The first-order valence-corrected chi connectivity index (χ1v) is 21.7. The molecule has 3 fully saturated rings. The third-order valence-electron chi connectivity index (χ3n) is 9.94. The molecule has 2 aliphatic heterocycles. The van der Waals surface area contributed by atoms with Crippen LogP contribution in [0.1, 0.15) is 68.4 Å². The zero-order valence-electron chi connectivity index (χ0n) is 30.5. The second-order valence-electron chi connectivity index (χ2n) is 16.7. The van der Waals surface area contributed by atoms with Crippen LogP contribution in [-0.4, -0.2) is 92.4 Å². The molecule has 14 heteroatoms. The number of nitrogens with one attached hydrogen (secondary N) is 1. The van der Waals surface area contributed by atoms with E-state index in [2.05, 4.69) is 35.0 Å². The van der Waals surface area contributed by atoms with Gasteiger partial charge in [0.25, 0.3) is 5.91 Å². The van der Waals surface area contributed by atoms with Gasteiger partial charge in [0.2, 0.25) is 0 Å². The van der Waals surface area contributed by atoms with Crippen molar-refractivity contribution < 1.29 is 23.5 Å².